The van der Waals surface area contributed by atoms with Crippen molar-refractivity contribution in [3.63, 3.8) is 0 Å². The largest absolute Gasteiger partial charge is 0.465 e. The average Bonchev–Trinajstić information content (AvgIpc) is 2.53. The van der Waals surface area contributed by atoms with Crippen LogP contribution in [-0.4, -0.2) is 31.4 Å². The molecule has 0 saturated heterocycles. The summed E-state index contributed by atoms with van der Waals surface area (Å²) in [7, 11) is -3.63. The van der Waals surface area contributed by atoms with Crippen LogP contribution in [0, 0.1) is 0 Å². The molecule has 1 aromatic rings. The summed E-state index contributed by atoms with van der Waals surface area (Å²) in [5.41, 5.74) is -0.0394. The van der Waals surface area contributed by atoms with Gasteiger partial charge in [0.1, 0.15) is 0 Å². The molecule has 0 bridgehead atoms. The zero-order valence-corrected chi connectivity index (χ0v) is 15.3. The molecule has 0 fully saturated rings. The Morgan fingerprint density at radius 1 is 1.00 bits per heavy atom. The summed E-state index contributed by atoms with van der Waals surface area (Å²) >= 11 is 0. The molecular formula is C17H27O5P. The van der Waals surface area contributed by atoms with Crippen LogP contribution in [0.2, 0.25) is 0 Å². The molecule has 0 aliphatic rings. The first-order chi connectivity index (χ1) is 11.0. The number of hydrogen-bond acceptors (Lipinski definition) is 5. The van der Waals surface area contributed by atoms with Crippen molar-refractivity contribution in [1.82, 2.24) is 0 Å². The average molecular weight is 342 g/mol. The SMILES string of the molecule is CCOC(=O)C(C(CC)c1ccccc1)P(=O)(OCC)OCC. The lowest BCUT2D eigenvalue weighted by molar-refractivity contribution is -0.143. The van der Waals surface area contributed by atoms with Gasteiger partial charge in [-0.25, -0.2) is 0 Å². The van der Waals surface area contributed by atoms with Gasteiger partial charge in [0.05, 0.1) is 19.8 Å². The first-order valence-electron chi connectivity index (χ1n) is 8.14. The lowest BCUT2D eigenvalue weighted by Gasteiger charge is -2.30. The summed E-state index contributed by atoms with van der Waals surface area (Å²) in [6, 6.07) is 9.53. The van der Waals surface area contributed by atoms with Crippen molar-refractivity contribution in [2.75, 3.05) is 19.8 Å². The summed E-state index contributed by atoms with van der Waals surface area (Å²) in [5, 5.41) is 0. The van der Waals surface area contributed by atoms with Crippen molar-refractivity contribution in [2.24, 2.45) is 0 Å². The maximum Gasteiger partial charge on any atom is 0.345 e. The molecule has 23 heavy (non-hydrogen) atoms. The number of hydrogen-bond donors (Lipinski definition) is 0. The molecule has 0 aromatic heterocycles. The second kappa shape index (κ2) is 9.86. The van der Waals surface area contributed by atoms with E-state index in [1.807, 2.05) is 37.3 Å². The molecule has 1 aromatic carbocycles. The Morgan fingerprint density at radius 2 is 1.57 bits per heavy atom. The Morgan fingerprint density at radius 3 is 2.00 bits per heavy atom. The number of carbonyl (C=O) groups excluding carboxylic acids is 1. The van der Waals surface area contributed by atoms with Crippen molar-refractivity contribution >= 4 is 13.6 Å². The first kappa shape index (κ1) is 19.9. The minimum Gasteiger partial charge on any atom is -0.465 e. The lowest BCUT2D eigenvalue weighted by atomic mass is 9.93. The second-order valence-electron chi connectivity index (χ2n) is 5.00. The standard InChI is InChI=1S/C17H27O5P/c1-5-15(14-12-10-9-11-13-14)16(17(18)20-6-2)23(19,21-7-3)22-8-4/h9-13,15-16H,5-8H2,1-4H3. The van der Waals surface area contributed by atoms with Gasteiger partial charge < -0.3 is 13.8 Å². The Bertz CT molecular complexity index is 507. The molecule has 0 aliphatic carbocycles. The minimum absolute atomic E-state index is 0.207. The van der Waals surface area contributed by atoms with E-state index in [0.717, 1.165) is 5.56 Å². The van der Waals surface area contributed by atoms with E-state index in [-0.39, 0.29) is 25.7 Å². The molecule has 130 valence electrons. The molecule has 0 saturated carbocycles. The predicted octanol–water partition coefficient (Wildman–Crippen LogP) is 4.38. The monoisotopic (exact) mass is 342 g/mol. The van der Waals surface area contributed by atoms with Gasteiger partial charge in [-0.3, -0.25) is 9.36 Å². The number of esters is 1. The highest BCUT2D eigenvalue weighted by molar-refractivity contribution is 7.55. The fraction of sp³-hybridized carbons (Fsp3) is 0.588. The van der Waals surface area contributed by atoms with Crippen LogP contribution in [-0.2, 0) is 23.1 Å². The number of ether oxygens (including phenoxy) is 1. The van der Waals surface area contributed by atoms with Crippen LogP contribution < -0.4 is 0 Å². The Hall–Kier alpha value is -1.16. The van der Waals surface area contributed by atoms with Gasteiger partial charge >= 0.3 is 13.6 Å². The summed E-state index contributed by atoms with van der Waals surface area (Å²) in [6.07, 6.45) is 0.623. The van der Waals surface area contributed by atoms with E-state index >= 15 is 0 Å². The third-order valence-electron chi connectivity index (χ3n) is 3.54. The molecule has 2 atom stereocenters. The van der Waals surface area contributed by atoms with Gasteiger partial charge in [0.15, 0.2) is 5.66 Å². The first-order valence-corrected chi connectivity index (χ1v) is 9.75. The van der Waals surface area contributed by atoms with Crippen molar-refractivity contribution < 1.29 is 23.1 Å². The van der Waals surface area contributed by atoms with Gasteiger partial charge in [0.25, 0.3) is 0 Å². The summed E-state index contributed by atoms with van der Waals surface area (Å²) in [5.74, 6) is -0.826. The minimum atomic E-state index is -3.63. The highest BCUT2D eigenvalue weighted by Gasteiger charge is 2.47. The van der Waals surface area contributed by atoms with Crippen molar-refractivity contribution in [3.8, 4) is 0 Å². The molecule has 2 unspecified atom stereocenters. The van der Waals surface area contributed by atoms with Crippen LogP contribution in [0.25, 0.3) is 0 Å². The fourth-order valence-electron chi connectivity index (χ4n) is 2.64. The van der Waals surface area contributed by atoms with E-state index in [0.29, 0.717) is 6.42 Å². The van der Waals surface area contributed by atoms with E-state index in [9.17, 15) is 9.36 Å². The summed E-state index contributed by atoms with van der Waals surface area (Å²) < 4.78 is 29.3. The van der Waals surface area contributed by atoms with Crippen LogP contribution >= 0.6 is 7.60 Å². The molecule has 0 N–H and O–H groups in total. The molecule has 5 nitrogen and oxygen atoms in total. The zero-order chi connectivity index (χ0) is 17.3. The van der Waals surface area contributed by atoms with Crippen molar-refractivity contribution in [3.05, 3.63) is 35.9 Å². The van der Waals surface area contributed by atoms with E-state index < -0.39 is 19.2 Å². The van der Waals surface area contributed by atoms with Gasteiger partial charge in [0, 0.05) is 5.92 Å². The molecular weight excluding hydrogens is 315 g/mol. The lowest BCUT2D eigenvalue weighted by Crippen LogP contribution is -2.32. The highest BCUT2D eigenvalue weighted by Crippen LogP contribution is 2.58. The maximum atomic E-state index is 13.3. The van der Waals surface area contributed by atoms with Gasteiger partial charge in [-0.1, -0.05) is 37.3 Å². The number of carbonyl (C=O) groups is 1. The molecule has 6 heteroatoms. The third-order valence-corrected chi connectivity index (χ3v) is 6.02. The van der Waals surface area contributed by atoms with Gasteiger partial charge in [-0.05, 0) is 32.8 Å². The van der Waals surface area contributed by atoms with Crippen LogP contribution in [0.15, 0.2) is 30.3 Å². The van der Waals surface area contributed by atoms with Crippen LogP contribution in [0.5, 0.6) is 0 Å². The van der Waals surface area contributed by atoms with E-state index in [4.69, 9.17) is 13.8 Å². The van der Waals surface area contributed by atoms with E-state index in [2.05, 4.69) is 0 Å². The van der Waals surface area contributed by atoms with Crippen LogP contribution in [0.4, 0.5) is 0 Å². The molecule has 0 heterocycles. The van der Waals surface area contributed by atoms with Crippen molar-refractivity contribution in [1.29, 1.82) is 0 Å². The van der Waals surface area contributed by atoms with Gasteiger partial charge in [0.2, 0.25) is 0 Å². The molecule has 0 spiro atoms. The Kier molecular flexibility index (Phi) is 8.53. The topological polar surface area (TPSA) is 61.8 Å². The molecule has 0 radical (unpaired) electrons. The van der Waals surface area contributed by atoms with Crippen LogP contribution in [0.3, 0.4) is 0 Å². The van der Waals surface area contributed by atoms with Gasteiger partial charge in [-0.15, -0.1) is 0 Å². The highest BCUT2D eigenvalue weighted by atomic mass is 31.2. The fourth-order valence-corrected chi connectivity index (χ4v) is 4.91. The predicted molar refractivity (Wildman–Crippen MR) is 90.8 cm³/mol. The van der Waals surface area contributed by atoms with E-state index in [1.165, 1.54) is 0 Å². The zero-order valence-electron chi connectivity index (χ0n) is 14.4. The Balaban J connectivity index is 3.31. The normalized spacial score (nSPS) is 14.3. The quantitative estimate of drug-likeness (QED) is 0.466. The summed E-state index contributed by atoms with van der Waals surface area (Å²) in [6.45, 7) is 7.78. The molecule has 0 amide bonds. The maximum absolute atomic E-state index is 13.3. The van der Waals surface area contributed by atoms with Crippen LogP contribution in [0.1, 0.15) is 45.6 Å². The van der Waals surface area contributed by atoms with Crippen molar-refractivity contribution in [2.45, 2.75) is 45.7 Å². The smallest absolute Gasteiger partial charge is 0.345 e. The van der Waals surface area contributed by atoms with Gasteiger partial charge in [-0.2, -0.15) is 0 Å². The number of benzene rings is 1. The van der Waals surface area contributed by atoms with E-state index in [1.54, 1.807) is 20.8 Å². The summed E-state index contributed by atoms with van der Waals surface area (Å²) in [4.78, 5) is 12.6. The molecule has 0 aliphatic heterocycles. The second-order valence-corrected chi connectivity index (χ2v) is 7.15. The Labute approximate surface area is 138 Å². The molecule has 1 rings (SSSR count). The number of rotatable bonds is 10. The third kappa shape index (κ3) is 5.17.